The van der Waals surface area contributed by atoms with Crippen LogP contribution in [0.3, 0.4) is 0 Å². The third kappa shape index (κ3) is 5.35. The molecule has 1 aliphatic heterocycles. The number of carbonyl (C=O) groups is 1. The maximum atomic E-state index is 12.0. The molecule has 4 nitrogen and oxygen atoms in total. The van der Waals surface area contributed by atoms with E-state index < -0.39 is 0 Å². The molecule has 0 radical (unpaired) electrons. The van der Waals surface area contributed by atoms with Gasteiger partial charge in [-0.25, -0.2) is 4.79 Å². The summed E-state index contributed by atoms with van der Waals surface area (Å²) in [4.78, 5) is 15.8. The first kappa shape index (κ1) is 17.0. The molecule has 3 rings (SSSR count). The molecule has 0 saturated carbocycles. The van der Waals surface area contributed by atoms with Crippen molar-refractivity contribution < 1.29 is 4.79 Å². The second-order valence-electron chi connectivity index (χ2n) is 6.27. The van der Waals surface area contributed by atoms with E-state index in [2.05, 4.69) is 57.3 Å². The molecule has 1 aromatic heterocycles. The van der Waals surface area contributed by atoms with Crippen LogP contribution in [0.4, 0.5) is 4.79 Å². The summed E-state index contributed by atoms with van der Waals surface area (Å²) >= 11 is 1.73. The highest BCUT2D eigenvalue weighted by Crippen LogP contribution is 2.14. The molecule has 0 spiro atoms. The molecule has 24 heavy (non-hydrogen) atoms. The van der Waals surface area contributed by atoms with Crippen molar-refractivity contribution in [3.8, 4) is 0 Å². The summed E-state index contributed by atoms with van der Waals surface area (Å²) in [6.07, 6.45) is 2.94. The normalized spacial score (nSPS) is 16.0. The monoisotopic (exact) mass is 343 g/mol. The Morgan fingerprint density at radius 2 is 1.92 bits per heavy atom. The molecule has 128 valence electrons. The van der Waals surface area contributed by atoms with Gasteiger partial charge in [-0.2, -0.15) is 0 Å². The summed E-state index contributed by atoms with van der Waals surface area (Å²) in [5.41, 5.74) is 1.36. The summed E-state index contributed by atoms with van der Waals surface area (Å²) in [6.45, 7) is 3.77. The molecular formula is C19H25N3OS. The van der Waals surface area contributed by atoms with Crippen molar-refractivity contribution in [1.82, 2.24) is 15.5 Å². The van der Waals surface area contributed by atoms with Crippen molar-refractivity contribution in [1.29, 1.82) is 0 Å². The Morgan fingerprint density at radius 3 is 2.62 bits per heavy atom. The van der Waals surface area contributed by atoms with E-state index in [1.54, 1.807) is 11.3 Å². The molecule has 0 unspecified atom stereocenters. The minimum absolute atomic E-state index is 0.0342. The summed E-state index contributed by atoms with van der Waals surface area (Å²) in [6, 6.07) is 15.0. The lowest BCUT2D eigenvalue weighted by molar-refractivity contribution is 0.186. The van der Waals surface area contributed by atoms with Crippen LogP contribution >= 0.6 is 11.3 Å². The van der Waals surface area contributed by atoms with Gasteiger partial charge >= 0.3 is 6.03 Å². The second-order valence-corrected chi connectivity index (χ2v) is 7.30. The SMILES string of the molecule is O=C(NCCc1cccs1)NC1CCN(Cc2ccccc2)CC1. The topological polar surface area (TPSA) is 44.4 Å². The van der Waals surface area contributed by atoms with Gasteiger partial charge in [0.15, 0.2) is 0 Å². The fraction of sp³-hybridized carbons (Fsp3) is 0.421. The first-order valence-corrected chi connectivity index (χ1v) is 9.50. The highest BCUT2D eigenvalue weighted by Gasteiger charge is 2.20. The van der Waals surface area contributed by atoms with E-state index in [0.29, 0.717) is 12.6 Å². The van der Waals surface area contributed by atoms with E-state index in [1.165, 1.54) is 10.4 Å². The smallest absolute Gasteiger partial charge is 0.315 e. The van der Waals surface area contributed by atoms with Gasteiger partial charge in [-0.1, -0.05) is 36.4 Å². The van der Waals surface area contributed by atoms with Gasteiger partial charge in [0.1, 0.15) is 0 Å². The van der Waals surface area contributed by atoms with Crippen molar-refractivity contribution in [2.24, 2.45) is 0 Å². The van der Waals surface area contributed by atoms with Crippen molar-refractivity contribution in [2.45, 2.75) is 31.8 Å². The van der Waals surface area contributed by atoms with E-state index >= 15 is 0 Å². The van der Waals surface area contributed by atoms with Gasteiger partial charge in [0.25, 0.3) is 0 Å². The van der Waals surface area contributed by atoms with E-state index in [9.17, 15) is 4.79 Å². The summed E-state index contributed by atoms with van der Waals surface area (Å²) in [5.74, 6) is 0. The third-order valence-electron chi connectivity index (χ3n) is 4.41. The number of hydrogen-bond donors (Lipinski definition) is 2. The van der Waals surface area contributed by atoms with Crippen LogP contribution < -0.4 is 10.6 Å². The van der Waals surface area contributed by atoms with Gasteiger partial charge < -0.3 is 10.6 Å². The average Bonchev–Trinajstić information content (AvgIpc) is 3.11. The number of hydrogen-bond acceptors (Lipinski definition) is 3. The van der Waals surface area contributed by atoms with Crippen molar-refractivity contribution in [3.63, 3.8) is 0 Å². The Bertz CT molecular complexity index is 607. The first-order valence-electron chi connectivity index (χ1n) is 8.62. The lowest BCUT2D eigenvalue weighted by Gasteiger charge is -2.32. The quantitative estimate of drug-likeness (QED) is 0.846. The number of urea groups is 1. The van der Waals surface area contributed by atoms with Crippen LogP contribution in [0.15, 0.2) is 47.8 Å². The Hall–Kier alpha value is -1.85. The lowest BCUT2D eigenvalue weighted by atomic mass is 10.0. The highest BCUT2D eigenvalue weighted by atomic mass is 32.1. The van der Waals surface area contributed by atoms with Gasteiger partial charge in [-0.15, -0.1) is 11.3 Å². The van der Waals surface area contributed by atoms with Gasteiger partial charge in [-0.05, 0) is 36.3 Å². The largest absolute Gasteiger partial charge is 0.338 e. The van der Waals surface area contributed by atoms with Gasteiger partial charge in [0, 0.05) is 37.1 Å². The van der Waals surface area contributed by atoms with E-state index in [1.807, 2.05) is 6.07 Å². The maximum absolute atomic E-state index is 12.0. The summed E-state index contributed by atoms with van der Waals surface area (Å²) in [5, 5.41) is 8.14. The lowest BCUT2D eigenvalue weighted by Crippen LogP contribution is -2.48. The molecule has 1 aromatic carbocycles. The predicted octanol–water partition coefficient (Wildman–Crippen LogP) is 3.25. The summed E-state index contributed by atoms with van der Waals surface area (Å²) in [7, 11) is 0. The van der Waals surface area contributed by atoms with Crippen molar-refractivity contribution in [3.05, 3.63) is 58.3 Å². The molecule has 5 heteroatoms. The van der Waals surface area contributed by atoms with Crippen LogP contribution in [0.5, 0.6) is 0 Å². The number of likely N-dealkylation sites (tertiary alicyclic amines) is 1. The molecule has 2 heterocycles. The van der Waals surface area contributed by atoms with E-state index in [0.717, 1.165) is 38.9 Å². The van der Waals surface area contributed by atoms with Crippen LogP contribution in [0.2, 0.25) is 0 Å². The number of rotatable bonds is 6. The van der Waals surface area contributed by atoms with E-state index in [4.69, 9.17) is 0 Å². The van der Waals surface area contributed by atoms with Crippen LogP contribution in [0.25, 0.3) is 0 Å². The zero-order valence-corrected chi connectivity index (χ0v) is 14.7. The Kier molecular flexibility index (Phi) is 6.26. The molecular weight excluding hydrogens is 318 g/mol. The van der Waals surface area contributed by atoms with E-state index in [-0.39, 0.29) is 6.03 Å². The zero-order chi connectivity index (χ0) is 16.6. The zero-order valence-electron chi connectivity index (χ0n) is 13.9. The average molecular weight is 343 g/mol. The van der Waals surface area contributed by atoms with Crippen LogP contribution in [0, 0.1) is 0 Å². The number of thiophene rings is 1. The van der Waals surface area contributed by atoms with Gasteiger partial charge in [0.05, 0.1) is 0 Å². The molecule has 1 aliphatic rings. The number of amides is 2. The number of carbonyl (C=O) groups excluding carboxylic acids is 1. The molecule has 1 fully saturated rings. The fourth-order valence-corrected chi connectivity index (χ4v) is 3.78. The predicted molar refractivity (Wildman–Crippen MR) is 99.3 cm³/mol. The number of benzene rings is 1. The van der Waals surface area contributed by atoms with Gasteiger partial charge in [-0.3, -0.25) is 4.90 Å². The van der Waals surface area contributed by atoms with Gasteiger partial charge in [0.2, 0.25) is 0 Å². The van der Waals surface area contributed by atoms with Crippen LogP contribution in [0.1, 0.15) is 23.3 Å². The van der Waals surface area contributed by atoms with Crippen molar-refractivity contribution in [2.75, 3.05) is 19.6 Å². The molecule has 0 bridgehead atoms. The highest BCUT2D eigenvalue weighted by molar-refractivity contribution is 7.09. The minimum Gasteiger partial charge on any atom is -0.338 e. The molecule has 2 amide bonds. The minimum atomic E-state index is -0.0342. The first-order chi connectivity index (χ1) is 11.8. The third-order valence-corrected chi connectivity index (χ3v) is 5.35. The second kappa shape index (κ2) is 8.85. The Morgan fingerprint density at radius 1 is 1.12 bits per heavy atom. The fourth-order valence-electron chi connectivity index (χ4n) is 3.07. The Balaban J connectivity index is 1.32. The summed E-state index contributed by atoms with van der Waals surface area (Å²) < 4.78 is 0. The standard InChI is InChI=1S/C19H25N3OS/c23-19(20-11-8-18-7-4-14-24-18)21-17-9-12-22(13-10-17)15-16-5-2-1-3-6-16/h1-7,14,17H,8-13,15H2,(H2,20,21,23). The molecule has 0 atom stereocenters. The van der Waals surface area contributed by atoms with Crippen molar-refractivity contribution >= 4 is 17.4 Å². The van der Waals surface area contributed by atoms with Crippen LogP contribution in [-0.2, 0) is 13.0 Å². The number of nitrogens with zero attached hydrogens (tertiary/aromatic N) is 1. The maximum Gasteiger partial charge on any atom is 0.315 e. The van der Waals surface area contributed by atoms with Crippen LogP contribution in [-0.4, -0.2) is 36.6 Å². The number of piperidine rings is 1. The molecule has 0 aliphatic carbocycles. The molecule has 2 N–H and O–H groups in total. The molecule has 2 aromatic rings. The molecule has 1 saturated heterocycles. The number of nitrogens with one attached hydrogen (secondary N) is 2. The Labute approximate surface area is 147 Å².